The van der Waals surface area contributed by atoms with Gasteiger partial charge in [-0.25, -0.2) is 13.4 Å². The number of anilines is 1. The van der Waals surface area contributed by atoms with Gasteiger partial charge in [-0.1, -0.05) is 37.8 Å². The highest BCUT2D eigenvalue weighted by atomic mass is 35.5. The number of likely N-dealkylation sites (tertiary alicyclic amines) is 1. The van der Waals surface area contributed by atoms with Gasteiger partial charge in [-0.15, -0.1) is 0 Å². The first kappa shape index (κ1) is 28.8. The number of piperidine rings is 1. The van der Waals surface area contributed by atoms with Crippen LogP contribution < -0.4 is 9.62 Å². The van der Waals surface area contributed by atoms with E-state index < -0.39 is 21.8 Å². The Balaban J connectivity index is 1.41. The van der Waals surface area contributed by atoms with E-state index in [4.69, 9.17) is 16.6 Å². The van der Waals surface area contributed by atoms with Crippen LogP contribution in [0.3, 0.4) is 0 Å². The van der Waals surface area contributed by atoms with E-state index in [1.807, 2.05) is 11.8 Å². The summed E-state index contributed by atoms with van der Waals surface area (Å²) in [6.45, 7) is 3.82. The average Bonchev–Trinajstić information content (AvgIpc) is 3.29. The van der Waals surface area contributed by atoms with Gasteiger partial charge >= 0.3 is 0 Å². The quantitative estimate of drug-likeness (QED) is 0.424. The Kier molecular flexibility index (Phi) is 9.68. The van der Waals surface area contributed by atoms with Crippen LogP contribution in [-0.2, 0) is 26.2 Å². The summed E-state index contributed by atoms with van der Waals surface area (Å²) in [6.07, 6.45) is 8.37. The molecule has 2 aliphatic heterocycles. The van der Waals surface area contributed by atoms with Gasteiger partial charge in [0.2, 0.25) is 21.8 Å². The molecule has 2 saturated heterocycles. The monoisotopic (exact) mass is 566 g/mol. The normalized spacial score (nSPS) is 19.7. The van der Waals surface area contributed by atoms with Crippen LogP contribution >= 0.6 is 11.6 Å². The molecule has 11 heteroatoms. The molecule has 1 saturated carbocycles. The fraction of sp³-hybridized carbons (Fsp3) is 0.704. The third-order valence-corrected chi connectivity index (χ3v) is 9.63. The molecular formula is C27H39ClN4O5S. The second-order valence-corrected chi connectivity index (χ2v) is 13.1. The fourth-order valence-corrected chi connectivity index (χ4v) is 7.59. The number of nitrogens with zero attached hydrogens (tertiary/aromatic N) is 3. The van der Waals surface area contributed by atoms with E-state index in [0.29, 0.717) is 73.8 Å². The van der Waals surface area contributed by atoms with Crippen LogP contribution in [-0.4, -0.2) is 61.3 Å². The molecule has 2 amide bonds. The Labute approximate surface area is 230 Å². The number of Topliss-reactive ketones (excluding diaryl/α,β-unsaturated/α-hetero) is 1. The van der Waals surface area contributed by atoms with Crippen molar-refractivity contribution < 1.29 is 22.8 Å². The van der Waals surface area contributed by atoms with Gasteiger partial charge in [0.1, 0.15) is 5.82 Å². The molecule has 9 nitrogen and oxygen atoms in total. The van der Waals surface area contributed by atoms with Gasteiger partial charge in [0.25, 0.3) is 0 Å². The molecule has 0 bridgehead atoms. The Morgan fingerprint density at radius 2 is 1.79 bits per heavy atom. The standard InChI is InChI=1S/C27H39ClN4O5S/c1-2-7-24(33)21-16-22(28)26(29-23(21)17-32-13-6-10-25(32)34)31-14-11-20(12-15-31)27(35)30-38(36,37)18-19-8-4-3-5-9-19/h16,19-20H,2-15,17-18H2,1H3,(H,30,35). The van der Waals surface area contributed by atoms with Crippen LogP contribution in [0.5, 0.6) is 0 Å². The van der Waals surface area contributed by atoms with Gasteiger partial charge in [-0.2, -0.15) is 0 Å². The second kappa shape index (κ2) is 12.8. The zero-order valence-corrected chi connectivity index (χ0v) is 23.8. The van der Waals surface area contributed by atoms with Crippen molar-refractivity contribution >= 4 is 45.0 Å². The first-order chi connectivity index (χ1) is 18.2. The van der Waals surface area contributed by atoms with Gasteiger partial charge in [-0.3, -0.25) is 19.1 Å². The molecule has 0 unspecified atom stereocenters. The van der Waals surface area contributed by atoms with Crippen molar-refractivity contribution in [2.75, 3.05) is 30.3 Å². The highest BCUT2D eigenvalue weighted by Crippen LogP contribution is 2.32. The van der Waals surface area contributed by atoms with E-state index in [9.17, 15) is 22.8 Å². The number of nitrogens with one attached hydrogen (secondary N) is 1. The van der Waals surface area contributed by atoms with Gasteiger partial charge in [0.15, 0.2) is 5.78 Å². The van der Waals surface area contributed by atoms with Crippen molar-refractivity contribution in [1.29, 1.82) is 0 Å². The molecule has 0 spiro atoms. The van der Waals surface area contributed by atoms with Crippen molar-refractivity contribution in [3.8, 4) is 0 Å². The van der Waals surface area contributed by atoms with Crippen molar-refractivity contribution in [1.82, 2.24) is 14.6 Å². The maximum absolute atomic E-state index is 12.8. The molecule has 0 atom stereocenters. The molecule has 0 radical (unpaired) electrons. The molecule has 3 fully saturated rings. The maximum atomic E-state index is 12.8. The number of hydrogen-bond donors (Lipinski definition) is 1. The number of hydrogen-bond acceptors (Lipinski definition) is 7. The number of sulfonamides is 1. The zero-order chi connectivity index (χ0) is 27.3. The molecular weight excluding hydrogens is 528 g/mol. The lowest BCUT2D eigenvalue weighted by molar-refractivity contribution is -0.128. The lowest BCUT2D eigenvalue weighted by Crippen LogP contribution is -2.44. The molecule has 38 heavy (non-hydrogen) atoms. The molecule has 1 aliphatic carbocycles. The number of rotatable bonds is 10. The summed E-state index contributed by atoms with van der Waals surface area (Å²) in [6, 6.07) is 1.66. The van der Waals surface area contributed by atoms with Crippen LogP contribution in [0, 0.1) is 11.8 Å². The van der Waals surface area contributed by atoms with Crippen molar-refractivity contribution in [3.05, 3.63) is 22.3 Å². The lowest BCUT2D eigenvalue weighted by Gasteiger charge is -2.33. The van der Waals surface area contributed by atoms with Crippen LogP contribution in [0.4, 0.5) is 5.82 Å². The van der Waals surface area contributed by atoms with Crippen LogP contribution in [0.25, 0.3) is 0 Å². The molecule has 1 N–H and O–H groups in total. The van der Waals surface area contributed by atoms with Crippen LogP contribution in [0.15, 0.2) is 6.07 Å². The first-order valence-electron chi connectivity index (χ1n) is 14.0. The molecule has 1 aromatic rings. The fourth-order valence-electron chi connectivity index (χ4n) is 5.81. The minimum absolute atomic E-state index is 0.0164. The Morgan fingerprint density at radius 3 is 2.42 bits per heavy atom. The summed E-state index contributed by atoms with van der Waals surface area (Å²) in [5, 5.41) is 0.360. The lowest BCUT2D eigenvalue weighted by atomic mass is 9.91. The van der Waals surface area contributed by atoms with Gasteiger partial charge < -0.3 is 9.80 Å². The molecule has 210 valence electrons. The topological polar surface area (TPSA) is 117 Å². The Bertz CT molecular complexity index is 1140. The second-order valence-electron chi connectivity index (χ2n) is 10.9. The number of carbonyl (C=O) groups is 3. The van der Waals surface area contributed by atoms with E-state index in [0.717, 1.165) is 38.5 Å². The van der Waals surface area contributed by atoms with Gasteiger partial charge in [-0.05, 0) is 50.5 Å². The van der Waals surface area contributed by atoms with Crippen molar-refractivity contribution in [2.24, 2.45) is 11.8 Å². The summed E-state index contributed by atoms with van der Waals surface area (Å²) in [4.78, 5) is 46.3. The summed E-state index contributed by atoms with van der Waals surface area (Å²) in [5.41, 5.74) is 1.00. The Hall–Kier alpha value is -2.20. The molecule has 3 heterocycles. The summed E-state index contributed by atoms with van der Waals surface area (Å²) >= 11 is 6.61. The zero-order valence-electron chi connectivity index (χ0n) is 22.2. The summed E-state index contributed by atoms with van der Waals surface area (Å²) < 4.78 is 27.5. The predicted molar refractivity (Wildman–Crippen MR) is 147 cm³/mol. The third-order valence-electron chi connectivity index (χ3n) is 7.93. The van der Waals surface area contributed by atoms with E-state index in [2.05, 4.69) is 4.72 Å². The molecule has 1 aromatic heterocycles. The van der Waals surface area contributed by atoms with E-state index in [1.54, 1.807) is 11.0 Å². The number of amides is 2. The largest absolute Gasteiger partial charge is 0.355 e. The minimum Gasteiger partial charge on any atom is -0.355 e. The van der Waals surface area contributed by atoms with Crippen LogP contribution in [0.1, 0.15) is 93.6 Å². The first-order valence-corrected chi connectivity index (χ1v) is 16.0. The molecule has 0 aromatic carbocycles. The Morgan fingerprint density at radius 1 is 1.08 bits per heavy atom. The third kappa shape index (κ3) is 7.25. The highest BCUT2D eigenvalue weighted by molar-refractivity contribution is 7.90. The van der Waals surface area contributed by atoms with Gasteiger partial charge in [0, 0.05) is 44.0 Å². The highest BCUT2D eigenvalue weighted by Gasteiger charge is 2.31. The van der Waals surface area contributed by atoms with Crippen LogP contribution in [0.2, 0.25) is 5.02 Å². The summed E-state index contributed by atoms with van der Waals surface area (Å²) in [7, 11) is -3.65. The average molecular weight is 567 g/mol. The number of halogens is 1. The predicted octanol–water partition coefficient (Wildman–Crippen LogP) is 4.08. The number of ketones is 1. The van der Waals surface area contributed by atoms with E-state index >= 15 is 0 Å². The van der Waals surface area contributed by atoms with Crippen molar-refractivity contribution in [2.45, 2.75) is 84.1 Å². The van der Waals surface area contributed by atoms with Crippen molar-refractivity contribution in [3.63, 3.8) is 0 Å². The summed E-state index contributed by atoms with van der Waals surface area (Å²) in [5.74, 6) is -0.150. The molecule has 4 rings (SSSR count). The number of carbonyl (C=O) groups excluding carboxylic acids is 3. The SMILES string of the molecule is CCCC(=O)c1cc(Cl)c(N2CCC(C(=O)NS(=O)(=O)CC3CCCCC3)CC2)nc1CN1CCCC1=O. The smallest absolute Gasteiger partial charge is 0.236 e. The molecule has 3 aliphatic rings. The number of aromatic nitrogens is 1. The minimum atomic E-state index is -3.65. The number of pyridine rings is 1. The maximum Gasteiger partial charge on any atom is 0.236 e. The van der Waals surface area contributed by atoms with Gasteiger partial charge in [0.05, 0.1) is 23.0 Å². The van der Waals surface area contributed by atoms with E-state index in [-0.39, 0.29) is 29.9 Å². The van der Waals surface area contributed by atoms with E-state index in [1.165, 1.54) is 0 Å².